The summed E-state index contributed by atoms with van der Waals surface area (Å²) in [7, 11) is 0. The smallest absolute Gasteiger partial charge is 0.164 e. The van der Waals surface area contributed by atoms with Crippen LogP contribution in [0.3, 0.4) is 0 Å². The third kappa shape index (κ3) is 4.85. The van der Waals surface area contributed by atoms with Crippen LogP contribution in [-0.2, 0) is 9.68 Å². The van der Waals surface area contributed by atoms with Gasteiger partial charge in [-0.25, -0.2) is 23.8 Å². The van der Waals surface area contributed by atoms with Crippen LogP contribution in [0.25, 0.3) is 0 Å². The summed E-state index contributed by atoms with van der Waals surface area (Å²) < 4.78 is 28.1. The van der Waals surface area contributed by atoms with Crippen LogP contribution in [0.4, 0.5) is 20.4 Å². The van der Waals surface area contributed by atoms with Crippen molar-refractivity contribution in [3.63, 3.8) is 0 Å². The summed E-state index contributed by atoms with van der Waals surface area (Å²) in [4.78, 5) is 19.4. The van der Waals surface area contributed by atoms with Crippen molar-refractivity contribution >= 4 is 11.6 Å². The van der Waals surface area contributed by atoms with Crippen molar-refractivity contribution in [2.24, 2.45) is 0 Å². The molecule has 0 aliphatic carbocycles. The Labute approximate surface area is 185 Å². The molecule has 1 aromatic carbocycles. The summed E-state index contributed by atoms with van der Waals surface area (Å²) in [5.41, 5.74) is 4.89. The molecule has 0 saturated carbocycles. The van der Waals surface area contributed by atoms with E-state index in [9.17, 15) is 8.78 Å². The van der Waals surface area contributed by atoms with E-state index in [2.05, 4.69) is 27.3 Å². The van der Waals surface area contributed by atoms with Gasteiger partial charge in [0.05, 0.1) is 25.3 Å². The Morgan fingerprint density at radius 3 is 2.91 bits per heavy atom. The highest BCUT2D eigenvalue weighted by Gasteiger charge is 2.32. The van der Waals surface area contributed by atoms with Gasteiger partial charge in [-0.2, -0.15) is 5.48 Å². The molecule has 3 heterocycles. The highest BCUT2D eigenvalue weighted by Crippen LogP contribution is 2.36. The fraction of sp³-hybridized carbons (Fsp3) is 0.304. The van der Waals surface area contributed by atoms with E-state index in [-0.39, 0.29) is 11.6 Å². The first kappa shape index (κ1) is 22.1. The SMILES string of the molecule is C=C(/C=C\C(=C/C)Nc1cc(N2OCC[C@@H]2c2cccc(F)c2F)ncn1)[C@H]1CCON1. The molecule has 7 nitrogen and oxygen atoms in total. The Balaban J connectivity index is 1.49. The van der Waals surface area contributed by atoms with Gasteiger partial charge in [0.25, 0.3) is 0 Å². The number of halogens is 2. The number of aromatic nitrogens is 2. The van der Waals surface area contributed by atoms with Crippen LogP contribution in [0, 0.1) is 11.6 Å². The molecule has 1 aromatic heterocycles. The molecule has 2 fully saturated rings. The normalized spacial score (nSPS) is 21.5. The molecular weight excluding hydrogens is 416 g/mol. The van der Waals surface area contributed by atoms with Crippen molar-refractivity contribution in [1.29, 1.82) is 0 Å². The van der Waals surface area contributed by atoms with Crippen LogP contribution in [0.5, 0.6) is 0 Å². The minimum absolute atomic E-state index is 0.0995. The van der Waals surface area contributed by atoms with E-state index in [0.29, 0.717) is 31.3 Å². The monoisotopic (exact) mass is 441 g/mol. The molecule has 32 heavy (non-hydrogen) atoms. The molecule has 2 N–H and O–H groups in total. The summed E-state index contributed by atoms with van der Waals surface area (Å²) in [6.45, 7) is 7.01. The zero-order valence-electron chi connectivity index (χ0n) is 17.7. The van der Waals surface area contributed by atoms with E-state index in [1.807, 2.05) is 25.2 Å². The second-order valence-electron chi connectivity index (χ2n) is 7.45. The summed E-state index contributed by atoms with van der Waals surface area (Å²) in [5.74, 6) is -0.770. The summed E-state index contributed by atoms with van der Waals surface area (Å²) in [5, 5.41) is 4.73. The van der Waals surface area contributed by atoms with E-state index in [1.54, 1.807) is 12.1 Å². The Hall–Kier alpha value is -3.14. The van der Waals surface area contributed by atoms with Crippen molar-refractivity contribution in [2.45, 2.75) is 31.8 Å². The first-order valence-electron chi connectivity index (χ1n) is 10.4. The standard InChI is InChI=1S/C23H25F2N5O2/c1-3-16(8-7-15(2)19-9-11-31-29-19)28-21-13-22(27-14-26-21)30-20(10-12-32-30)17-5-4-6-18(24)23(17)25/h3-8,13-14,19-20,29H,2,9-12H2,1H3,(H,26,27,28)/b8-7-,16-3+/t19-,20-/m1/s1. The number of benzene rings is 1. The average Bonchev–Trinajstić information content (AvgIpc) is 3.51. The Morgan fingerprint density at radius 1 is 1.25 bits per heavy atom. The van der Waals surface area contributed by atoms with Gasteiger partial charge in [0.2, 0.25) is 0 Å². The summed E-state index contributed by atoms with van der Waals surface area (Å²) in [6, 6.07) is 5.46. The van der Waals surface area contributed by atoms with Gasteiger partial charge in [-0.15, -0.1) is 0 Å². The van der Waals surface area contributed by atoms with Gasteiger partial charge in [-0.1, -0.05) is 30.9 Å². The topological polar surface area (TPSA) is 71.5 Å². The van der Waals surface area contributed by atoms with E-state index in [4.69, 9.17) is 9.68 Å². The maximum atomic E-state index is 14.4. The average molecular weight is 441 g/mol. The lowest BCUT2D eigenvalue weighted by Crippen LogP contribution is -2.23. The van der Waals surface area contributed by atoms with Crippen LogP contribution in [0.15, 0.2) is 66.7 Å². The number of hydrogen-bond acceptors (Lipinski definition) is 7. The van der Waals surface area contributed by atoms with Crippen LogP contribution >= 0.6 is 0 Å². The summed E-state index contributed by atoms with van der Waals surface area (Å²) >= 11 is 0. The van der Waals surface area contributed by atoms with Crippen molar-refractivity contribution in [2.75, 3.05) is 23.6 Å². The number of rotatable bonds is 7. The van der Waals surface area contributed by atoms with E-state index in [0.717, 1.165) is 23.8 Å². The van der Waals surface area contributed by atoms with Crippen LogP contribution in [0.2, 0.25) is 0 Å². The van der Waals surface area contributed by atoms with Gasteiger partial charge in [0.15, 0.2) is 17.5 Å². The highest BCUT2D eigenvalue weighted by molar-refractivity contribution is 5.53. The molecular formula is C23H25F2N5O2. The maximum absolute atomic E-state index is 14.4. The zero-order valence-corrected chi connectivity index (χ0v) is 17.7. The Kier molecular flexibility index (Phi) is 6.89. The van der Waals surface area contributed by atoms with Crippen LogP contribution in [0.1, 0.15) is 31.4 Å². The molecule has 2 saturated heterocycles. The molecule has 0 unspecified atom stereocenters. The molecule has 9 heteroatoms. The fourth-order valence-electron chi connectivity index (χ4n) is 3.62. The molecule has 2 aliphatic heterocycles. The van der Waals surface area contributed by atoms with Gasteiger partial charge < -0.3 is 10.2 Å². The number of anilines is 2. The first-order chi connectivity index (χ1) is 15.6. The van der Waals surface area contributed by atoms with Crippen LogP contribution < -0.4 is 15.9 Å². The largest absolute Gasteiger partial charge is 0.340 e. The van der Waals surface area contributed by atoms with Gasteiger partial charge in [0.1, 0.15) is 12.1 Å². The Morgan fingerprint density at radius 2 is 2.12 bits per heavy atom. The number of allylic oxidation sites excluding steroid dienone is 2. The number of nitrogens with one attached hydrogen (secondary N) is 2. The molecule has 2 atom stereocenters. The third-order valence-electron chi connectivity index (χ3n) is 5.37. The van der Waals surface area contributed by atoms with Gasteiger partial charge in [0, 0.05) is 23.7 Å². The minimum Gasteiger partial charge on any atom is -0.340 e. The number of hydroxylamine groups is 2. The first-order valence-corrected chi connectivity index (χ1v) is 10.4. The third-order valence-corrected chi connectivity index (χ3v) is 5.37. The molecule has 0 radical (unpaired) electrons. The number of nitrogens with zero attached hydrogens (tertiary/aromatic N) is 3. The molecule has 0 spiro atoms. The zero-order chi connectivity index (χ0) is 22.5. The van der Waals surface area contributed by atoms with Gasteiger partial charge in [-0.05, 0) is 31.1 Å². The molecule has 2 aliphatic rings. The number of hydrogen-bond donors (Lipinski definition) is 2. The van der Waals surface area contributed by atoms with E-state index >= 15 is 0 Å². The van der Waals surface area contributed by atoms with Gasteiger partial charge >= 0.3 is 0 Å². The summed E-state index contributed by atoms with van der Waals surface area (Å²) in [6.07, 6.45) is 8.51. The lowest BCUT2D eigenvalue weighted by molar-refractivity contribution is 0.0934. The van der Waals surface area contributed by atoms with E-state index in [1.165, 1.54) is 17.5 Å². The molecule has 0 amide bonds. The maximum Gasteiger partial charge on any atom is 0.164 e. The molecule has 2 aromatic rings. The van der Waals surface area contributed by atoms with Crippen molar-refractivity contribution in [1.82, 2.24) is 15.4 Å². The predicted molar refractivity (Wildman–Crippen MR) is 117 cm³/mol. The molecule has 168 valence electrons. The molecule has 4 rings (SSSR count). The van der Waals surface area contributed by atoms with Gasteiger partial charge in [-0.3, -0.25) is 4.84 Å². The van der Waals surface area contributed by atoms with E-state index < -0.39 is 17.7 Å². The minimum atomic E-state index is -0.884. The quantitative estimate of drug-likeness (QED) is 0.619. The second-order valence-corrected chi connectivity index (χ2v) is 7.45. The highest BCUT2D eigenvalue weighted by atomic mass is 19.2. The molecule has 0 bridgehead atoms. The van der Waals surface area contributed by atoms with Crippen LogP contribution in [-0.4, -0.2) is 29.2 Å². The Bertz CT molecular complexity index is 1040. The van der Waals surface area contributed by atoms with Crippen molar-refractivity contribution < 1.29 is 18.5 Å². The lowest BCUT2D eigenvalue weighted by atomic mass is 10.0. The lowest BCUT2D eigenvalue weighted by Gasteiger charge is -2.24. The fourth-order valence-corrected chi connectivity index (χ4v) is 3.62. The van der Waals surface area contributed by atoms with Crippen molar-refractivity contribution in [3.8, 4) is 0 Å². The predicted octanol–water partition coefficient (Wildman–Crippen LogP) is 4.36. The second kappa shape index (κ2) is 9.99. The van der Waals surface area contributed by atoms with Crippen molar-refractivity contribution in [3.05, 3.63) is 83.9 Å².